The largest absolute Gasteiger partial charge is 0.456 e. The molecule has 166 valence electrons. The molecule has 0 aliphatic rings. The third-order valence-electron chi connectivity index (χ3n) is 5.61. The van der Waals surface area contributed by atoms with Crippen LogP contribution in [0.3, 0.4) is 0 Å². The Balaban J connectivity index is 1.22. The lowest BCUT2D eigenvalue weighted by Gasteiger charge is -2.05. The highest BCUT2D eigenvalue weighted by atomic mass is 35.5. The molecule has 1 amide bonds. The van der Waals surface area contributed by atoms with Crippen molar-refractivity contribution < 1.29 is 9.21 Å². The van der Waals surface area contributed by atoms with E-state index >= 15 is 0 Å². The molecular weight excluding hydrogens is 442 g/mol. The van der Waals surface area contributed by atoms with Gasteiger partial charge in [-0.15, -0.1) is 0 Å². The van der Waals surface area contributed by atoms with Crippen molar-refractivity contribution in [2.75, 3.05) is 0 Å². The highest BCUT2D eigenvalue weighted by Gasteiger charge is 2.07. The Labute approximate surface area is 203 Å². The number of amides is 1. The monoisotopic (exact) mass is 463 g/mol. The molecule has 0 spiro atoms. The van der Waals surface area contributed by atoms with Crippen LogP contribution in [0.25, 0.3) is 34.4 Å². The summed E-state index contributed by atoms with van der Waals surface area (Å²) in [6.07, 6.45) is 4.08. The molecule has 0 bridgehead atoms. The number of fused-ring (bicyclic) bond motifs is 1. The molecule has 3 nitrogen and oxygen atoms in total. The lowest BCUT2D eigenvalue weighted by molar-refractivity contribution is 0.0951. The van der Waals surface area contributed by atoms with E-state index in [0.29, 0.717) is 17.1 Å². The maximum atomic E-state index is 12.4. The molecule has 34 heavy (non-hydrogen) atoms. The minimum atomic E-state index is -0.0807. The summed E-state index contributed by atoms with van der Waals surface area (Å²) in [6.45, 7) is 0.513. The number of nitrogens with one attached hydrogen (secondary N) is 1. The zero-order chi connectivity index (χ0) is 23.3. The van der Waals surface area contributed by atoms with Crippen LogP contribution in [0, 0.1) is 0 Å². The molecule has 0 aliphatic heterocycles. The van der Waals surface area contributed by atoms with Crippen molar-refractivity contribution in [1.82, 2.24) is 5.32 Å². The first-order valence-corrected chi connectivity index (χ1v) is 11.4. The Bertz CT molecular complexity index is 1450. The zero-order valence-electron chi connectivity index (χ0n) is 18.4. The highest BCUT2D eigenvalue weighted by Crippen LogP contribution is 2.29. The van der Waals surface area contributed by atoms with E-state index in [0.717, 1.165) is 39.0 Å². The second kappa shape index (κ2) is 9.82. The van der Waals surface area contributed by atoms with Crippen LogP contribution in [0.1, 0.15) is 27.0 Å². The molecule has 0 atom stereocenters. The Morgan fingerprint density at radius 1 is 0.794 bits per heavy atom. The van der Waals surface area contributed by atoms with Gasteiger partial charge in [-0.25, -0.2) is 0 Å². The quantitative estimate of drug-likeness (QED) is 0.260. The summed E-state index contributed by atoms with van der Waals surface area (Å²) in [5.74, 6) is 0.733. The maximum absolute atomic E-state index is 12.4. The van der Waals surface area contributed by atoms with Crippen LogP contribution in [0.2, 0.25) is 5.02 Å². The third-order valence-corrected chi connectivity index (χ3v) is 5.85. The van der Waals surface area contributed by atoms with Crippen molar-refractivity contribution in [2.24, 2.45) is 0 Å². The number of carbonyl (C=O) groups excluding carboxylic acids is 1. The number of carbonyl (C=O) groups is 1. The van der Waals surface area contributed by atoms with Crippen LogP contribution in [0.5, 0.6) is 0 Å². The predicted octanol–water partition coefficient (Wildman–Crippen LogP) is 7.85. The van der Waals surface area contributed by atoms with Crippen molar-refractivity contribution >= 4 is 40.6 Å². The summed E-state index contributed by atoms with van der Waals surface area (Å²) < 4.78 is 5.94. The van der Waals surface area contributed by atoms with Crippen molar-refractivity contribution in [3.05, 3.63) is 130 Å². The minimum Gasteiger partial charge on any atom is -0.456 e. The molecule has 0 saturated heterocycles. The molecule has 1 heterocycles. The molecule has 5 rings (SSSR count). The Hall–Kier alpha value is -4.08. The van der Waals surface area contributed by atoms with Gasteiger partial charge in [0.25, 0.3) is 5.91 Å². The fraction of sp³-hybridized carbons (Fsp3) is 0.0333. The summed E-state index contributed by atoms with van der Waals surface area (Å²) in [4.78, 5) is 12.4. The molecule has 4 heteroatoms. The van der Waals surface area contributed by atoms with E-state index in [1.54, 1.807) is 0 Å². The molecule has 0 fully saturated rings. The van der Waals surface area contributed by atoms with Crippen LogP contribution >= 0.6 is 11.6 Å². The number of benzene rings is 4. The van der Waals surface area contributed by atoms with Gasteiger partial charge in [-0.2, -0.15) is 0 Å². The lowest BCUT2D eigenvalue weighted by atomic mass is 10.1. The molecule has 5 aromatic rings. The summed E-state index contributed by atoms with van der Waals surface area (Å²) in [7, 11) is 0. The molecule has 1 N–H and O–H groups in total. The number of furan rings is 1. The fourth-order valence-corrected chi connectivity index (χ4v) is 3.91. The smallest absolute Gasteiger partial charge is 0.251 e. The average Bonchev–Trinajstić information content (AvgIpc) is 3.30. The lowest BCUT2D eigenvalue weighted by Crippen LogP contribution is -2.22. The van der Waals surface area contributed by atoms with E-state index in [1.165, 1.54) is 0 Å². The predicted molar refractivity (Wildman–Crippen MR) is 140 cm³/mol. The first kappa shape index (κ1) is 21.7. The third kappa shape index (κ3) is 5.11. The minimum absolute atomic E-state index is 0.0807. The first-order chi connectivity index (χ1) is 16.6. The molecule has 0 unspecified atom stereocenters. The Kier molecular flexibility index (Phi) is 6.28. The summed E-state index contributed by atoms with van der Waals surface area (Å²) in [6, 6.07) is 33.3. The van der Waals surface area contributed by atoms with E-state index in [2.05, 4.69) is 17.4 Å². The van der Waals surface area contributed by atoms with Gasteiger partial charge >= 0.3 is 0 Å². The highest BCUT2D eigenvalue weighted by molar-refractivity contribution is 6.31. The fourth-order valence-electron chi connectivity index (χ4n) is 3.73. The number of hydrogen-bond donors (Lipinski definition) is 1. The van der Waals surface area contributed by atoms with Crippen LogP contribution in [-0.4, -0.2) is 5.91 Å². The topological polar surface area (TPSA) is 42.2 Å². The molecule has 0 radical (unpaired) electrons. The van der Waals surface area contributed by atoms with Crippen LogP contribution < -0.4 is 5.32 Å². The first-order valence-electron chi connectivity index (χ1n) is 11.0. The van der Waals surface area contributed by atoms with E-state index in [9.17, 15) is 4.79 Å². The van der Waals surface area contributed by atoms with Crippen molar-refractivity contribution in [3.63, 3.8) is 0 Å². The van der Waals surface area contributed by atoms with Crippen LogP contribution in [0.4, 0.5) is 0 Å². The normalized spacial score (nSPS) is 11.2. The number of hydrogen-bond acceptors (Lipinski definition) is 2. The van der Waals surface area contributed by atoms with E-state index < -0.39 is 0 Å². The van der Waals surface area contributed by atoms with Gasteiger partial charge in [0.1, 0.15) is 11.3 Å². The van der Waals surface area contributed by atoms with E-state index in [4.69, 9.17) is 16.0 Å². The maximum Gasteiger partial charge on any atom is 0.251 e. The van der Waals surface area contributed by atoms with Gasteiger partial charge < -0.3 is 9.73 Å². The summed E-state index contributed by atoms with van der Waals surface area (Å²) in [5.41, 5.74) is 5.65. The van der Waals surface area contributed by atoms with Gasteiger partial charge in [-0.3, -0.25) is 4.79 Å². The zero-order valence-corrected chi connectivity index (χ0v) is 19.1. The average molecular weight is 464 g/mol. The van der Waals surface area contributed by atoms with Crippen LogP contribution in [0.15, 0.2) is 108 Å². The van der Waals surface area contributed by atoms with E-state index in [-0.39, 0.29) is 5.91 Å². The van der Waals surface area contributed by atoms with Gasteiger partial charge in [-0.1, -0.05) is 90.5 Å². The second-order valence-corrected chi connectivity index (χ2v) is 8.47. The van der Waals surface area contributed by atoms with Crippen molar-refractivity contribution in [2.45, 2.75) is 6.54 Å². The standard InChI is InChI=1S/C30H22ClNO2/c31-27-16-17-28-26(18-27)19-29(34-28)24-12-8-21(9-13-24)6-7-22-10-14-25(15-11-22)30(33)32-20-23-4-2-1-3-5-23/h1-19H,20H2,(H,32,33). The van der Waals surface area contributed by atoms with Gasteiger partial charge in [-0.05, 0) is 53.1 Å². The van der Waals surface area contributed by atoms with Crippen molar-refractivity contribution in [3.8, 4) is 11.3 Å². The Morgan fingerprint density at radius 2 is 1.47 bits per heavy atom. The molecule has 1 aromatic heterocycles. The van der Waals surface area contributed by atoms with Gasteiger partial charge in [0, 0.05) is 28.1 Å². The molecule has 0 saturated carbocycles. The molecular formula is C30H22ClNO2. The second-order valence-electron chi connectivity index (χ2n) is 8.04. The summed E-state index contributed by atoms with van der Waals surface area (Å²) >= 11 is 6.07. The van der Waals surface area contributed by atoms with Gasteiger partial charge in [0.05, 0.1) is 0 Å². The Morgan fingerprint density at radius 3 is 2.18 bits per heavy atom. The molecule has 4 aromatic carbocycles. The van der Waals surface area contributed by atoms with Crippen molar-refractivity contribution in [1.29, 1.82) is 0 Å². The van der Waals surface area contributed by atoms with E-state index in [1.807, 2.05) is 103 Å². The summed E-state index contributed by atoms with van der Waals surface area (Å²) in [5, 5.41) is 4.64. The SMILES string of the molecule is O=C(NCc1ccccc1)c1ccc(C=Cc2ccc(-c3cc4cc(Cl)ccc4o3)cc2)cc1. The van der Waals surface area contributed by atoms with Gasteiger partial charge in [0.15, 0.2) is 0 Å². The van der Waals surface area contributed by atoms with Crippen LogP contribution in [-0.2, 0) is 6.54 Å². The molecule has 0 aliphatic carbocycles. The number of halogens is 1. The van der Waals surface area contributed by atoms with Gasteiger partial charge in [0.2, 0.25) is 0 Å². The number of rotatable bonds is 6.